The van der Waals surface area contributed by atoms with Crippen LogP contribution in [-0.2, 0) is 7.05 Å². The van der Waals surface area contributed by atoms with Crippen LogP contribution in [0.15, 0.2) is 23.0 Å². The van der Waals surface area contributed by atoms with Gasteiger partial charge in [-0.25, -0.2) is 0 Å². The Morgan fingerprint density at radius 2 is 2.21 bits per heavy atom. The van der Waals surface area contributed by atoms with Crippen molar-refractivity contribution in [3.8, 4) is 11.3 Å². The molecule has 4 nitrogen and oxygen atoms in total. The van der Waals surface area contributed by atoms with Crippen molar-refractivity contribution in [2.24, 2.45) is 7.05 Å². The molecule has 4 heteroatoms. The van der Waals surface area contributed by atoms with Crippen LogP contribution in [0.25, 0.3) is 11.3 Å². The number of aryl methyl sites for hydroxylation is 1. The van der Waals surface area contributed by atoms with Crippen LogP contribution in [0.5, 0.6) is 0 Å². The van der Waals surface area contributed by atoms with Crippen molar-refractivity contribution in [3.63, 3.8) is 0 Å². The summed E-state index contributed by atoms with van der Waals surface area (Å²) < 4.78 is 6.95. The first-order valence-electron chi connectivity index (χ1n) is 4.62. The monoisotopic (exact) mass is 191 g/mol. The fourth-order valence-electron chi connectivity index (χ4n) is 1.25. The molecule has 0 aliphatic rings. The number of hydrogen-bond acceptors (Lipinski definition) is 3. The highest BCUT2D eigenvalue weighted by Crippen LogP contribution is 2.22. The Kier molecular flexibility index (Phi) is 2.11. The van der Waals surface area contributed by atoms with E-state index in [0.29, 0.717) is 5.92 Å². The van der Waals surface area contributed by atoms with Gasteiger partial charge in [0.25, 0.3) is 0 Å². The predicted molar refractivity (Wildman–Crippen MR) is 52.8 cm³/mol. The fourth-order valence-corrected chi connectivity index (χ4v) is 1.25. The Morgan fingerprint density at radius 1 is 1.43 bits per heavy atom. The molecule has 0 radical (unpaired) electrons. The Morgan fingerprint density at radius 3 is 2.71 bits per heavy atom. The standard InChI is InChI=1S/C10H13N3O/c1-7(2)10-4-9(12-14-10)8-5-11-13(3)6-8/h4-7H,1-3H3. The van der Waals surface area contributed by atoms with Crippen LogP contribution in [0.3, 0.4) is 0 Å². The molecule has 2 aromatic heterocycles. The molecule has 0 unspecified atom stereocenters. The lowest BCUT2D eigenvalue weighted by Gasteiger charge is -1.93. The minimum atomic E-state index is 0.368. The molecule has 14 heavy (non-hydrogen) atoms. The van der Waals surface area contributed by atoms with Gasteiger partial charge in [-0.05, 0) is 0 Å². The van der Waals surface area contributed by atoms with Crippen LogP contribution in [0, 0.1) is 0 Å². The summed E-state index contributed by atoms with van der Waals surface area (Å²) in [7, 11) is 1.88. The molecule has 0 saturated carbocycles. The Hall–Kier alpha value is -1.58. The van der Waals surface area contributed by atoms with Crippen molar-refractivity contribution < 1.29 is 4.52 Å². The van der Waals surface area contributed by atoms with Crippen molar-refractivity contribution in [1.82, 2.24) is 14.9 Å². The molecule has 2 rings (SSSR count). The minimum Gasteiger partial charge on any atom is -0.361 e. The van der Waals surface area contributed by atoms with Gasteiger partial charge in [-0.3, -0.25) is 4.68 Å². The average Bonchev–Trinajstić information content (AvgIpc) is 2.70. The first kappa shape index (κ1) is 8.99. The first-order valence-corrected chi connectivity index (χ1v) is 4.62. The van der Waals surface area contributed by atoms with Gasteiger partial charge in [0.05, 0.1) is 6.20 Å². The third kappa shape index (κ3) is 1.55. The van der Waals surface area contributed by atoms with Crippen molar-refractivity contribution >= 4 is 0 Å². The van der Waals surface area contributed by atoms with Gasteiger partial charge >= 0.3 is 0 Å². The van der Waals surface area contributed by atoms with E-state index in [1.807, 2.05) is 19.3 Å². The Bertz CT molecular complexity index is 428. The van der Waals surface area contributed by atoms with Crippen LogP contribution in [0.2, 0.25) is 0 Å². The quantitative estimate of drug-likeness (QED) is 0.730. The van der Waals surface area contributed by atoms with Gasteiger partial charge in [-0.15, -0.1) is 0 Å². The first-order chi connectivity index (χ1) is 6.66. The molecule has 74 valence electrons. The van der Waals surface area contributed by atoms with Gasteiger partial charge in [0.1, 0.15) is 11.5 Å². The molecule has 0 aliphatic carbocycles. The lowest BCUT2D eigenvalue weighted by atomic mass is 10.1. The molecule has 0 bridgehead atoms. The fraction of sp³-hybridized carbons (Fsp3) is 0.400. The van der Waals surface area contributed by atoms with Gasteiger partial charge in [-0.1, -0.05) is 19.0 Å². The zero-order valence-electron chi connectivity index (χ0n) is 8.56. The number of aromatic nitrogens is 3. The molecule has 0 amide bonds. The van der Waals surface area contributed by atoms with Gasteiger partial charge in [0, 0.05) is 30.8 Å². The van der Waals surface area contributed by atoms with Crippen LogP contribution in [0.4, 0.5) is 0 Å². The van der Waals surface area contributed by atoms with Crippen LogP contribution >= 0.6 is 0 Å². The zero-order valence-corrected chi connectivity index (χ0v) is 8.56. The SMILES string of the molecule is CC(C)c1cc(-c2cnn(C)c2)no1. The van der Waals surface area contributed by atoms with Crippen LogP contribution < -0.4 is 0 Å². The molecule has 0 atom stereocenters. The van der Waals surface area contributed by atoms with Crippen LogP contribution in [-0.4, -0.2) is 14.9 Å². The Labute approximate surface area is 82.5 Å². The molecule has 0 aliphatic heterocycles. The number of hydrogen-bond donors (Lipinski definition) is 0. The van der Waals surface area contributed by atoms with E-state index in [2.05, 4.69) is 24.1 Å². The van der Waals surface area contributed by atoms with Gasteiger partial charge in [0.2, 0.25) is 0 Å². The maximum absolute atomic E-state index is 5.20. The van der Waals surface area contributed by atoms with Gasteiger partial charge < -0.3 is 4.52 Å². The minimum absolute atomic E-state index is 0.368. The molecular weight excluding hydrogens is 178 g/mol. The maximum Gasteiger partial charge on any atom is 0.139 e. The second-order valence-corrected chi connectivity index (χ2v) is 3.67. The van der Waals surface area contributed by atoms with E-state index >= 15 is 0 Å². The van der Waals surface area contributed by atoms with E-state index in [9.17, 15) is 0 Å². The van der Waals surface area contributed by atoms with Crippen molar-refractivity contribution in [1.29, 1.82) is 0 Å². The molecule has 0 aromatic carbocycles. The average molecular weight is 191 g/mol. The van der Waals surface area contributed by atoms with Crippen molar-refractivity contribution in [2.75, 3.05) is 0 Å². The van der Waals surface area contributed by atoms with E-state index in [1.165, 1.54) is 0 Å². The van der Waals surface area contributed by atoms with Crippen molar-refractivity contribution in [2.45, 2.75) is 19.8 Å². The molecule has 0 saturated heterocycles. The summed E-state index contributed by atoms with van der Waals surface area (Å²) in [4.78, 5) is 0. The van der Waals surface area contributed by atoms with Crippen LogP contribution in [0.1, 0.15) is 25.5 Å². The molecule has 2 heterocycles. The second kappa shape index (κ2) is 3.29. The maximum atomic E-state index is 5.20. The molecule has 0 N–H and O–H groups in total. The van der Waals surface area contributed by atoms with Crippen molar-refractivity contribution in [3.05, 3.63) is 24.2 Å². The lowest BCUT2D eigenvalue weighted by molar-refractivity contribution is 0.373. The summed E-state index contributed by atoms with van der Waals surface area (Å²) in [5.74, 6) is 1.27. The van der Waals surface area contributed by atoms with E-state index in [1.54, 1.807) is 10.9 Å². The van der Waals surface area contributed by atoms with E-state index in [4.69, 9.17) is 4.52 Å². The molecular formula is C10H13N3O. The Balaban J connectivity index is 2.33. The van der Waals surface area contributed by atoms with Gasteiger partial charge in [-0.2, -0.15) is 5.10 Å². The topological polar surface area (TPSA) is 43.9 Å². The smallest absolute Gasteiger partial charge is 0.139 e. The number of nitrogens with zero attached hydrogens (tertiary/aromatic N) is 3. The highest BCUT2D eigenvalue weighted by atomic mass is 16.5. The third-order valence-electron chi connectivity index (χ3n) is 2.10. The summed E-state index contributed by atoms with van der Waals surface area (Å²) in [6, 6.07) is 1.96. The normalized spacial score (nSPS) is 11.1. The summed E-state index contributed by atoms with van der Waals surface area (Å²) in [5.41, 5.74) is 1.84. The van der Waals surface area contributed by atoms with E-state index in [-0.39, 0.29) is 0 Å². The summed E-state index contributed by atoms with van der Waals surface area (Å²) in [6.45, 7) is 4.15. The molecule has 0 spiro atoms. The van der Waals surface area contributed by atoms with E-state index < -0.39 is 0 Å². The summed E-state index contributed by atoms with van der Waals surface area (Å²) >= 11 is 0. The van der Waals surface area contributed by atoms with E-state index in [0.717, 1.165) is 17.0 Å². The zero-order chi connectivity index (χ0) is 10.1. The highest BCUT2D eigenvalue weighted by molar-refractivity contribution is 5.56. The predicted octanol–water partition coefficient (Wildman–Crippen LogP) is 2.20. The van der Waals surface area contributed by atoms with Gasteiger partial charge in [0.15, 0.2) is 0 Å². The lowest BCUT2D eigenvalue weighted by Crippen LogP contribution is -1.84. The molecule has 2 aromatic rings. The summed E-state index contributed by atoms with van der Waals surface area (Å²) in [6.07, 6.45) is 3.70. The number of rotatable bonds is 2. The second-order valence-electron chi connectivity index (χ2n) is 3.67. The third-order valence-corrected chi connectivity index (χ3v) is 2.10. The highest BCUT2D eigenvalue weighted by Gasteiger charge is 2.10. The molecule has 0 fully saturated rings. The largest absolute Gasteiger partial charge is 0.361 e. The summed E-state index contributed by atoms with van der Waals surface area (Å²) in [5, 5.41) is 8.07.